The van der Waals surface area contributed by atoms with Gasteiger partial charge in [0, 0.05) is 18.5 Å². The number of hydrogen-bond donors (Lipinski definition) is 2. The molecule has 0 fully saturated rings. The summed E-state index contributed by atoms with van der Waals surface area (Å²) >= 11 is 1.67. The molecule has 4 heteroatoms. The van der Waals surface area contributed by atoms with E-state index in [1.54, 1.807) is 11.3 Å². The Bertz CT molecular complexity index is 250. The van der Waals surface area contributed by atoms with Crippen LogP contribution in [0.4, 0.5) is 5.13 Å². The lowest BCUT2D eigenvalue weighted by Gasteiger charge is -2.00. The van der Waals surface area contributed by atoms with Gasteiger partial charge < -0.3 is 10.4 Å². The molecule has 1 heterocycles. The summed E-state index contributed by atoms with van der Waals surface area (Å²) in [7, 11) is 0. The summed E-state index contributed by atoms with van der Waals surface area (Å²) in [6, 6.07) is 0. The van der Waals surface area contributed by atoms with E-state index in [0.717, 1.165) is 43.1 Å². The van der Waals surface area contributed by atoms with Gasteiger partial charge in [0.15, 0.2) is 5.13 Å². The van der Waals surface area contributed by atoms with Gasteiger partial charge in [-0.05, 0) is 25.7 Å². The van der Waals surface area contributed by atoms with E-state index in [1.165, 1.54) is 0 Å². The molecule has 1 rings (SSSR count). The molecule has 0 bridgehead atoms. The zero-order valence-electron chi connectivity index (χ0n) is 8.62. The SMILES string of the molecule is CCc1csc(NCCCCCO)n1. The van der Waals surface area contributed by atoms with Gasteiger partial charge in [-0.3, -0.25) is 0 Å². The second-order valence-electron chi connectivity index (χ2n) is 3.21. The highest BCUT2D eigenvalue weighted by atomic mass is 32.1. The van der Waals surface area contributed by atoms with Gasteiger partial charge in [0.05, 0.1) is 5.69 Å². The molecule has 1 aromatic heterocycles. The van der Waals surface area contributed by atoms with Crippen LogP contribution in [-0.4, -0.2) is 23.2 Å². The fraction of sp³-hybridized carbons (Fsp3) is 0.700. The molecular weight excluding hydrogens is 196 g/mol. The molecule has 0 saturated heterocycles. The summed E-state index contributed by atoms with van der Waals surface area (Å²) in [4.78, 5) is 4.40. The minimum atomic E-state index is 0.303. The van der Waals surface area contributed by atoms with Crippen molar-refractivity contribution in [1.29, 1.82) is 0 Å². The molecule has 0 aliphatic rings. The first-order chi connectivity index (χ1) is 6.86. The average molecular weight is 214 g/mol. The standard InChI is InChI=1S/C10H18N2OS/c1-2-9-8-14-10(12-9)11-6-4-3-5-7-13/h8,13H,2-7H2,1H3,(H,11,12). The minimum Gasteiger partial charge on any atom is -0.396 e. The summed E-state index contributed by atoms with van der Waals surface area (Å²) in [5, 5.41) is 15.0. The van der Waals surface area contributed by atoms with Crippen LogP contribution in [0.15, 0.2) is 5.38 Å². The Morgan fingerprint density at radius 2 is 2.29 bits per heavy atom. The molecule has 2 N–H and O–H groups in total. The van der Waals surface area contributed by atoms with Gasteiger partial charge in [-0.25, -0.2) is 4.98 Å². The first kappa shape index (κ1) is 11.5. The maximum atomic E-state index is 8.59. The van der Waals surface area contributed by atoms with Crippen molar-refractivity contribution in [3.63, 3.8) is 0 Å². The predicted molar refractivity (Wildman–Crippen MR) is 60.9 cm³/mol. The normalized spacial score (nSPS) is 10.4. The molecule has 0 atom stereocenters. The summed E-state index contributed by atoms with van der Waals surface area (Å²) in [5.74, 6) is 0. The van der Waals surface area contributed by atoms with Crippen molar-refractivity contribution >= 4 is 16.5 Å². The molecule has 1 aromatic rings. The number of thiazole rings is 1. The lowest BCUT2D eigenvalue weighted by Crippen LogP contribution is -2.01. The van der Waals surface area contributed by atoms with Crippen LogP contribution in [0, 0.1) is 0 Å². The second kappa shape index (κ2) is 6.79. The Labute approximate surface area is 89.2 Å². The molecule has 14 heavy (non-hydrogen) atoms. The van der Waals surface area contributed by atoms with Crippen LogP contribution < -0.4 is 5.32 Å². The van der Waals surface area contributed by atoms with Crippen LogP contribution in [-0.2, 0) is 6.42 Å². The van der Waals surface area contributed by atoms with Crippen molar-refractivity contribution in [2.24, 2.45) is 0 Å². The van der Waals surface area contributed by atoms with E-state index >= 15 is 0 Å². The molecule has 80 valence electrons. The fourth-order valence-corrected chi connectivity index (χ4v) is 1.98. The van der Waals surface area contributed by atoms with Crippen LogP contribution in [0.3, 0.4) is 0 Å². The van der Waals surface area contributed by atoms with Gasteiger partial charge in [0.1, 0.15) is 0 Å². The van der Waals surface area contributed by atoms with Gasteiger partial charge in [0.25, 0.3) is 0 Å². The summed E-state index contributed by atoms with van der Waals surface area (Å²) in [6.07, 6.45) is 4.08. The van der Waals surface area contributed by atoms with E-state index in [-0.39, 0.29) is 0 Å². The van der Waals surface area contributed by atoms with Crippen LogP contribution in [0.2, 0.25) is 0 Å². The van der Waals surface area contributed by atoms with Crippen molar-refractivity contribution in [3.8, 4) is 0 Å². The zero-order valence-corrected chi connectivity index (χ0v) is 9.44. The molecule has 0 radical (unpaired) electrons. The van der Waals surface area contributed by atoms with Gasteiger partial charge in [-0.1, -0.05) is 6.92 Å². The predicted octanol–water partition coefficient (Wildman–Crippen LogP) is 2.28. The Kier molecular flexibility index (Phi) is 5.56. The third-order valence-electron chi connectivity index (χ3n) is 2.03. The number of aromatic nitrogens is 1. The summed E-state index contributed by atoms with van der Waals surface area (Å²) in [6.45, 7) is 3.37. The largest absolute Gasteiger partial charge is 0.396 e. The lowest BCUT2D eigenvalue weighted by atomic mass is 10.2. The lowest BCUT2D eigenvalue weighted by molar-refractivity contribution is 0.283. The van der Waals surface area contributed by atoms with Gasteiger partial charge >= 0.3 is 0 Å². The zero-order chi connectivity index (χ0) is 10.2. The molecule has 0 aliphatic heterocycles. The Morgan fingerprint density at radius 3 is 2.93 bits per heavy atom. The third kappa shape index (κ3) is 4.07. The van der Waals surface area contributed by atoms with Crippen molar-refractivity contribution in [2.45, 2.75) is 32.6 Å². The summed E-state index contributed by atoms with van der Waals surface area (Å²) < 4.78 is 0. The monoisotopic (exact) mass is 214 g/mol. The molecule has 0 amide bonds. The summed E-state index contributed by atoms with van der Waals surface area (Å²) in [5.41, 5.74) is 1.16. The van der Waals surface area contributed by atoms with Crippen LogP contribution in [0.5, 0.6) is 0 Å². The smallest absolute Gasteiger partial charge is 0.182 e. The number of aliphatic hydroxyl groups is 1. The third-order valence-corrected chi connectivity index (χ3v) is 2.87. The number of rotatable bonds is 7. The minimum absolute atomic E-state index is 0.303. The molecule has 0 aromatic carbocycles. The van der Waals surface area contributed by atoms with Crippen molar-refractivity contribution < 1.29 is 5.11 Å². The maximum absolute atomic E-state index is 8.59. The maximum Gasteiger partial charge on any atom is 0.182 e. The van der Waals surface area contributed by atoms with Crippen molar-refractivity contribution in [2.75, 3.05) is 18.5 Å². The van der Waals surface area contributed by atoms with Crippen LogP contribution in [0.1, 0.15) is 31.9 Å². The Morgan fingerprint density at radius 1 is 1.43 bits per heavy atom. The molecule has 0 unspecified atom stereocenters. The van der Waals surface area contributed by atoms with E-state index in [4.69, 9.17) is 5.11 Å². The topological polar surface area (TPSA) is 45.1 Å². The van der Waals surface area contributed by atoms with E-state index in [1.807, 2.05) is 0 Å². The van der Waals surface area contributed by atoms with Crippen molar-refractivity contribution in [3.05, 3.63) is 11.1 Å². The highest BCUT2D eigenvalue weighted by Gasteiger charge is 1.98. The first-order valence-corrected chi connectivity index (χ1v) is 6.04. The molecule has 0 spiro atoms. The van der Waals surface area contributed by atoms with Crippen LogP contribution in [0.25, 0.3) is 0 Å². The van der Waals surface area contributed by atoms with Gasteiger partial charge in [-0.2, -0.15) is 0 Å². The number of unbranched alkanes of at least 4 members (excludes halogenated alkanes) is 2. The number of aryl methyl sites for hydroxylation is 1. The Hall–Kier alpha value is -0.610. The number of hydrogen-bond acceptors (Lipinski definition) is 4. The van der Waals surface area contributed by atoms with E-state index < -0.39 is 0 Å². The first-order valence-electron chi connectivity index (χ1n) is 5.16. The second-order valence-corrected chi connectivity index (χ2v) is 4.07. The number of anilines is 1. The number of nitrogens with zero attached hydrogens (tertiary/aromatic N) is 1. The van der Waals surface area contributed by atoms with E-state index in [0.29, 0.717) is 6.61 Å². The van der Waals surface area contributed by atoms with E-state index in [2.05, 4.69) is 22.6 Å². The number of nitrogens with one attached hydrogen (secondary N) is 1. The molecule has 0 aliphatic carbocycles. The molecular formula is C10H18N2OS. The quantitative estimate of drug-likeness (QED) is 0.684. The number of aliphatic hydroxyl groups excluding tert-OH is 1. The molecule has 0 saturated carbocycles. The highest BCUT2D eigenvalue weighted by molar-refractivity contribution is 7.13. The highest BCUT2D eigenvalue weighted by Crippen LogP contribution is 2.15. The van der Waals surface area contributed by atoms with Gasteiger partial charge in [0.2, 0.25) is 0 Å². The van der Waals surface area contributed by atoms with Crippen molar-refractivity contribution in [1.82, 2.24) is 4.98 Å². The van der Waals surface area contributed by atoms with Crippen LogP contribution >= 0.6 is 11.3 Å². The average Bonchev–Trinajstić information content (AvgIpc) is 2.65. The van der Waals surface area contributed by atoms with E-state index in [9.17, 15) is 0 Å². The Balaban J connectivity index is 2.12. The fourth-order valence-electron chi connectivity index (χ4n) is 1.16. The molecule has 3 nitrogen and oxygen atoms in total. The van der Waals surface area contributed by atoms with Gasteiger partial charge in [-0.15, -0.1) is 11.3 Å².